The van der Waals surface area contributed by atoms with Crippen LogP contribution in [0.2, 0.25) is 0 Å². The van der Waals surface area contributed by atoms with Gasteiger partial charge in [0.15, 0.2) is 0 Å². The van der Waals surface area contributed by atoms with Crippen LogP contribution in [-0.2, 0) is 6.61 Å². The number of pyridine rings is 1. The first-order valence-electron chi connectivity index (χ1n) is 3.96. The molecule has 2 aromatic rings. The number of nitrogens with zero attached hydrogens (tertiary/aromatic N) is 1. The van der Waals surface area contributed by atoms with Crippen LogP contribution < -0.4 is 0 Å². The smallest absolute Gasteiger partial charge is 0.0768 e. The molecule has 2 nitrogen and oxygen atoms in total. The number of aromatic nitrogens is 1. The Balaban J connectivity index is 2.84. The van der Waals surface area contributed by atoms with E-state index in [2.05, 4.69) is 20.9 Å². The van der Waals surface area contributed by atoms with Crippen LogP contribution in [-0.4, -0.2) is 10.1 Å². The maximum Gasteiger partial charge on any atom is 0.0768 e. The fourth-order valence-electron chi connectivity index (χ4n) is 1.33. The third-order valence-electron chi connectivity index (χ3n) is 1.97. The molecule has 0 fully saturated rings. The van der Waals surface area contributed by atoms with Crippen LogP contribution in [0.1, 0.15) is 5.56 Å². The molecule has 0 atom stereocenters. The van der Waals surface area contributed by atoms with Gasteiger partial charge in [-0.3, -0.25) is 4.98 Å². The zero-order chi connectivity index (χ0) is 9.26. The maximum atomic E-state index is 9.07. The van der Waals surface area contributed by atoms with Gasteiger partial charge < -0.3 is 5.11 Å². The quantitative estimate of drug-likeness (QED) is 0.827. The van der Waals surface area contributed by atoms with Gasteiger partial charge in [-0.2, -0.15) is 0 Å². The molecule has 0 amide bonds. The van der Waals surface area contributed by atoms with Crippen molar-refractivity contribution >= 4 is 26.8 Å². The molecule has 1 N–H and O–H groups in total. The van der Waals surface area contributed by atoms with E-state index in [1.54, 1.807) is 6.20 Å². The monoisotopic (exact) mass is 237 g/mol. The highest BCUT2D eigenvalue weighted by Crippen LogP contribution is 2.24. The molecular formula is C10H8BrNO. The molecule has 0 unspecified atom stereocenters. The average Bonchev–Trinajstić information content (AvgIpc) is 2.18. The van der Waals surface area contributed by atoms with Crippen LogP contribution in [0.4, 0.5) is 0 Å². The summed E-state index contributed by atoms with van der Waals surface area (Å²) in [7, 11) is 0. The van der Waals surface area contributed by atoms with Gasteiger partial charge in [-0.05, 0) is 6.07 Å². The zero-order valence-electron chi connectivity index (χ0n) is 6.87. The van der Waals surface area contributed by atoms with Gasteiger partial charge >= 0.3 is 0 Å². The highest BCUT2D eigenvalue weighted by atomic mass is 79.9. The zero-order valence-corrected chi connectivity index (χ0v) is 8.45. The summed E-state index contributed by atoms with van der Waals surface area (Å²) in [5.41, 5.74) is 1.72. The van der Waals surface area contributed by atoms with Gasteiger partial charge in [0.1, 0.15) is 0 Å². The van der Waals surface area contributed by atoms with Gasteiger partial charge in [-0.15, -0.1) is 0 Å². The highest BCUT2D eigenvalue weighted by molar-refractivity contribution is 9.10. The van der Waals surface area contributed by atoms with Crippen LogP contribution in [0.15, 0.2) is 34.9 Å². The van der Waals surface area contributed by atoms with E-state index in [4.69, 9.17) is 5.11 Å². The number of aliphatic hydroxyl groups is 1. The number of para-hydroxylation sites is 1. The van der Waals surface area contributed by atoms with Crippen molar-refractivity contribution < 1.29 is 5.11 Å². The van der Waals surface area contributed by atoms with Crippen molar-refractivity contribution in [3.8, 4) is 0 Å². The number of hydrogen-bond donors (Lipinski definition) is 1. The first kappa shape index (κ1) is 8.66. The minimum atomic E-state index is 0.0286. The minimum absolute atomic E-state index is 0.0286. The number of halogens is 1. The van der Waals surface area contributed by atoms with E-state index in [0.717, 1.165) is 20.9 Å². The number of hydrogen-bond acceptors (Lipinski definition) is 2. The molecular weight excluding hydrogens is 230 g/mol. The summed E-state index contributed by atoms with van der Waals surface area (Å²) in [5, 5.41) is 10.1. The van der Waals surface area contributed by atoms with Gasteiger partial charge in [0.05, 0.1) is 12.1 Å². The van der Waals surface area contributed by atoms with Crippen molar-refractivity contribution in [3.05, 3.63) is 40.5 Å². The van der Waals surface area contributed by atoms with E-state index < -0.39 is 0 Å². The van der Waals surface area contributed by atoms with Gasteiger partial charge in [-0.1, -0.05) is 34.1 Å². The Labute approximate surface area is 84.4 Å². The molecule has 0 aliphatic rings. The molecule has 13 heavy (non-hydrogen) atoms. The number of benzene rings is 1. The number of rotatable bonds is 1. The van der Waals surface area contributed by atoms with Crippen molar-refractivity contribution in [1.82, 2.24) is 4.98 Å². The van der Waals surface area contributed by atoms with Gasteiger partial charge in [0.25, 0.3) is 0 Å². The van der Waals surface area contributed by atoms with E-state index in [1.807, 2.05) is 24.3 Å². The Hall–Kier alpha value is -0.930. The lowest BCUT2D eigenvalue weighted by atomic mass is 10.1. The van der Waals surface area contributed by atoms with Crippen LogP contribution in [0, 0.1) is 0 Å². The van der Waals surface area contributed by atoms with Crippen LogP contribution in [0.3, 0.4) is 0 Å². The lowest BCUT2D eigenvalue weighted by Crippen LogP contribution is -1.88. The standard InChI is InChI=1S/C10H8BrNO/c11-9-4-5-12-10-7(6-13)2-1-3-8(9)10/h1-5,13H,6H2. The molecule has 66 valence electrons. The molecule has 3 heteroatoms. The molecule has 1 heterocycles. The van der Waals surface area contributed by atoms with Gasteiger partial charge in [0, 0.05) is 21.6 Å². The SMILES string of the molecule is OCc1cccc2c(Br)ccnc12. The first-order chi connectivity index (χ1) is 6.33. The fourth-order valence-corrected chi connectivity index (χ4v) is 1.77. The Morgan fingerprint density at radius 2 is 2.15 bits per heavy atom. The van der Waals surface area contributed by atoms with Gasteiger partial charge in [0.2, 0.25) is 0 Å². The Bertz CT molecular complexity index is 442. The van der Waals surface area contributed by atoms with E-state index in [9.17, 15) is 0 Å². The minimum Gasteiger partial charge on any atom is -0.392 e. The van der Waals surface area contributed by atoms with Crippen molar-refractivity contribution in [2.45, 2.75) is 6.61 Å². The van der Waals surface area contributed by atoms with Crippen molar-refractivity contribution in [2.24, 2.45) is 0 Å². The van der Waals surface area contributed by atoms with E-state index >= 15 is 0 Å². The molecule has 0 aliphatic carbocycles. The summed E-state index contributed by atoms with van der Waals surface area (Å²) in [6, 6.07) is 7.66. The normalized spacial score (nSPS) is 10.6. The highest BCUT2D eigenvalue weighted by Gasteiger charge is 2.02. The van der Waals surface area contributed by atoms with Crippen molar-refractivity contribution in [1.29, 1.82) is 0 Å². The molecule has 2 rings (SSSR count). The topological polar surface area (TPSA) is 33.1 Å². The second kappa shape index (κ2) is 3.44. The molecule has 0 saturated carbocycles. The predicted molar refractivity (Wildman–Crippen MR) is 55.4 cm³/mol. The van der Waals surface area contributed by atoms with E-state index in [0.29, 0.717) is 0 Å². The molecule has 0 bridgehead atoms. The summed E-state index contributed by atoms with van der Waals surface area (Å²) in [6.07, 6.45) is 1.73. The number of aliphatic hydroxyl groups excluding tert-OH is 1. The second-order valence-corrected chi connectivity index (χ2v) is 3.62. The van der Waals surface area contributed by atoms with Gasteiger partial charge in [-0.25, -0.2) is 0 Å². The largest absolute Gasteiger partial charge is 0.392 e. The molecule has 1 aromatic carbocycles. The van der Waals surface area contributed by atoms with Crippen molar-refractivity contribution in [2.75, 3.05) is 0 Å². The summed E-state index contributed by atoms with van der Waals surface area (Å²) < 4.78 is 1.01. The van der Waals surface area contributed by atoms with Crippen LogP contribution in [0.25, 0.3) is 10.9 Å². The van der Waals surface area contributed by atoms with E-state index in [-0.39, 0.29) is 6.61 Å². The summed E-state index contributed by atoms with van der Waals surface area (Å²) in [6.45, 7) is 0.0286. The Kier molecular flexibility index (Phi) is 2.29. The summed E-state index contributed by atoms with van der Waals surface area (Å²) in [4.78, 5) is 4.22. The second-order valence-electron chi connectivity index (χ2n) is 2.76. The summed E-state index contributed by atoms with van der Waals surface area (Å²) in [5.74, 6) is 0. The molecule has 0 saturated heterocycles. The maximum absolute atomic E-state index is 9.07. The molecule has 0 radical (unpaired) electrons. The van der Waals surface area contributed by atoms with Crippen molar-refractivity contribution in [3.63, 3.8) is 0 Å². The Morgan fingerprint density at radius 3 is 2.92 bits per heavy atom. The number of fused-ring (bicyclic) bond motifs is 1. The lowest BCUT2D eigenvalue weighted by molar-refractivity contribution is 0.283. The Morgan fingerprint density at radius 1 is 1.31 bits per heavy atom. The molecule has 0 spiro atoms. The van der Waals surface area contributed by atoms with Crippen LogP contribution >= 0.6 is 15.9 Å². The first-order valence-corrected chi connectivity index (χ1v) is 4.75. The third kappa shape index (κ3) is 1.45. The molecule has 0 aliphatic heterocycles. The summed E-state index contributed by atoms with van der Waals surface area (Å²) >= 11 is 3.44. The van der Waals surface area contributed by atoms with Crippen LogP contribution in [0.5, 0.6) is 0 Å². The van der Waals surface area contributed by atoms with E-state index in [1.165, 1.54) is 0 Å². The predicted octanol–water partition coefficient (Wildman–Crippen LogP) is 2.49. The fraction of sp³-hybridized carbons (Fsp3) is 0.100. The average molecular weight is 238 g/mol. The third-order valence-corrected chi connectivity index (χ3v) is 2.66. The molecule has 1 aromatic heterocycles. The lowest BCUT2D eigenvalue weighted by Gasteiger charge is -2.03.